The van der Waals surface area contributed by atoms with Crippen molar-refractivity contribution in [2.45, 2.75) is 33.1 Å². The van der Waals surface area contributed by atoms with E-state index in [0.29, 0.717) is 5.41 Å². The van der Waals surface area contributed by atoms with Gasteiger partial charge in [-0.15, -0.1) is 0 Å². The molecule has 1 heterocycles. The Hall–Kier alpha value is -1.63. The van der Waals surface area contributed by atoms with Crippen molar-refractivity contribution in [2.75, 3.05) is 0 Å². The standard InChI is InChI=1S/C17H19N/c1-17(2)11-10-14-8-9-15(18-16(14)12-17)13-6-4-3-5-7-13/h3-9H,10-12H2,1-2H3. The molecule has 0 fully saturated rings. The largest absolute Gasteiger partial charge is 0.253 e. The molecule has 1 aromatic carbocycles. The van der Waals surface area contributed by atoms with Gasteiger partial charge in [-0.3, -0.25) is 4.98 Å². The number of nitrogens with zero attached hydrogens (tertiary/aromatic N) is 1. The monoisotopic (exact) mass is 237 g/mol. The number of benzene rings is 1. The van der Waals surface area contributed by atoms with E-state index in [9.17, 15) is 0 Å². The van der Waals surface area contributed by atoms with Crippen LogP contribution < -0.4 is 0 Å². The number of hydrogen-bond acceptors (Lipinski definition) is 1. The third kappa shape index (κ3) is 2.17. The molecule has 18 heavy (non-hydrogen) atoms. The van der Waals surface area contributed by atoms with E-state index in [0.717, 1.165) is 12.1 Å². The van der Waals surface area contributed by atoms with Crippen molar-refractivity contribution < 1.29 is 0 Å². The van der Waals surface area contributed by atoms with E-state index in [1.807, 2.05) is 6.07 Å². The summed E-state index contributed by atoms with van der Waals surface area (Å²) in [5, 5.41) is 0. The van der Waals surface area contributed by atoms with Crippen LogP contribution in [0, 0.1) is 5.41 Å². The quantitative estimate of drug-likeness (QED) is 0.722. The molecule has 1 aliphatic rings. The number of aromatic nitrogens is 1. The van der Waals surface area contributed by atoms with Gasteiger partial charge in [0, 0.05) is 11.3 Å². The van der Waals surface area contributed by atoms with Crippen LogP contribution in [-0.2, 0) is 12.8 Å². The van der Waals surface area contributed by atoms with E-state index in [2.05, 4.69) is 50.2 Å². The van der Waals surface area contributed by atoms with Crippen molar-refractivity contribution in [1.82, 2.24) is 4.98 Å². The first-order valence-corrected chi connectivity index (χ1v) is 6.68. The van der Waals surface area contributed by atoms with Gasteiger partial charge in [-0.1, -0.05) is 50.2 Å². The summed E-state index contributed by atoms with van der Waals surface area (Å²) in [6.07, 6.45) is 3.54. The van der Waals surface area contributed by atoms with Crippen LogP contribution >= 0.6 is 0 Å². The molecule has 1 aliphatic carbocycles. The first-order valence-electron chi connectivity index (χ1n) is 6.68. The number of hydrogen-bond donors (Lipinski definition) is 0. The Labute approximate surface area is 109 Å². The molecule has 0 unspecified atom stereocenters. The molecule has 0 saturated heterocycles. The predicted octanol–water partition coefficient (Wildman–Crippen LogP) is 4.26. The lowest BCUT2D eigenvalue weighted by molar-refractivity contribution is 0.311. The molecule has 0 bridgehead atoms. The summed E-state index contributed by atoms with van der Waals surface area (Å²) in [7, 11) is 0. The Kier molecular flexibility index (Phi) is 2.70. The molecule has 0 saturated carbocycles. The Morgan fingerprint density at radius 2 is 1.78 bits per heavy atom. The Bertz CT molecular complexity index is 555. The van der Waals surface area contributed by atoms with E-state index in [-0.39, 0.29) is 0 Å². The second-order valence-electron chi connectivity index (χ2n) is 6.01. The molecule has 2 aromatic rings. The van der Waals surface area contributed by atoms with Crippen LogP contribution in [0.1, 0.15) is 31.5 Å². The molecule has 3 rings (SSSR count). The number of rotatable bonds is 1. The van der Waals surface area contributed by atoms with Crippen molar-refractivity contribution in [1.29, 1.82) is 0 Å². The lowest BCUT2D eigenvalue weighted by Crippen LogP contribution is -2.23. The lowest BCUT2D eigenvalue weighted by atomic mass is 9.76. The second kappa shape index (κ2) is 4.24. The van der Waals surface area contributed by atoms with Gasteiger partial charge in [-0.2, -0.15) is 0 Å². The predicted molar refractivity (Wildman–Crippen MR) is 75.5 cm³/mol. The normalized spacial score (nSPS) is 17.2. The first-order chi connectivity index (χ1) is 8.64. The van der Waals surface area contributed by atoms with Crippen LogP contribution in [-0.4, -0.2) is 4.98 Å². The van der Waals surface area contributed by atoms with Crippen LogP contribution in [0.15, 0.2) is 42.5 Å². The van der Waals surface area contributed by atoms with E-state index in [1.165, 1.54) is 29.7 Å². The van der Waals surface area contributed by atoms with Crippen LogP contribution in [0.25, 0.3) is 11.3 Å². The zero-order valence-corrected chi connectivity index (χ0v) is 11.1. The van der Waals surface area contributed by atoms with Crippen LogP contribution in [0.3, 0.4) is 0 Å². The summed E-state index contributed by atoms with van der Waals surface area (Å²) < 4.78 is 0. The Morgan fingerprint density at radius 3 is 2.56 bits per heavy atom. The van der Waals surface area contributed by atoms with E-state index >= 15 is 0 Å². The summed E-state index contributed by atoms with van der Waals surface area (Å²) in [5.74, 6) is 0. The van der Waals surface area contributed by atoms with Gasteiger partial charge in [0.2, 0.25) is 0 Å². The summed E-state index contributed by atoms with van der Waals surface area (Å²) in [6, 6.07) is 14.9. The fourth-order valence-electron chi connectivity index (χ4n) is 2.70. The zero-order chi connectivity index (χ0) is 12.6. The van der Waals surface area contributed by atoms with Gasteiger partial charge in [0.25, 0.3) is 0 Å². The van der Waals surface area contributed by atoms with Crippen LogP contribution in [0.5, 0.6) is 0 Å². The van der Waals surface area contributed by atoms with E-state index < -0.39 is 0 Å². The zero-order valence-electron chi connectivity index (χ0n) is 11.1. The third-order valence-electron chi connectivity index (χ3n) is 3.86. The highest BCUT2D eigenvalue weighted by molar-refractivity contribution is 5.59. The Balaban J connectivity index is 2.01. The fraction of sp³-hybridized carbons (Fsp3) is 0.353. The summed E-state index contributed by atoms with van der Waals surface area (Å²) >= 11 is 0. The van der Waals surface area contributed by atoms with Gasteiger partial charge in [-0.05, 0) is 36.3 Å². The molecule has 0 aliphatic heterocycles. The minimum absolute atomic E-state index is 0.398. The molecule has 0 amide bonds. The summed E-state index contributed by atoms with van der Waals surface area (Å²) in [6.45, 7) is 4.68. The maximum absolute atomic E-state index is 4.88. The fourth-order valence-corrected chi connectivity index (χ4v) is 2.70. The van der Waals surface area contributed by atoms with Gasteiger partial charge in [0.15, 0.2) is 0 Å². The molecular weight excluding hydrogens is 218 g/mol. The highest BCUT2D eigenvalue weighted by Crippen LogP contribution is 2.34. The van der Waals surface area contributed by atoms with Gasteiger partial charge >= 0.3 is 0 Å². The highest BCUT2D eigenvalue weighted by Gasteiger charge is 2.26. The molecule has 92 valence electrons. The van der Waals surface area contributed by atoms with Crippen LogP contribution in [0.2, 0.25) is 0 Å². The molecule has 1 aromatic heterocycles. The minimum Gasteiger partial charge on any atom is -0.253 e. The minimum atomic E-state index is 0.398. The highest BCUT2D eigenvalue weighted by atomic mass is 14.7. The summed E-state index contributed by atoms with van der Waals surface area (Å²) in [4.78, 5) is 4.88. The van der Waals surface area contributed by atoms with Crippen LogP contribution in [0.4, 0.5) is 0 Å². The molecule has 0 atom stereocenters. The van der Waals surface area contributed by atoms with Gasteiger partial charge < -0.3 is 0 Å². The van der Waals surface area contributed by atoms with Gasteiger partial charge in [0.1, 0.15) is 0 Å². The van der Waals surface area contributed by atoms with E-state index in [4.69, 9.17) is 4.98 Å². The maximum Gasteiger partial charge on any atom is 0.0705 e. The number of aryl methyl sites for hydroxylation is 1. The first kappa shape index (κ1) is 11.5. The topological polar surface area (TPSA) is 12.9 Å². The van der Waals surface area contributed by atoms with E-state index in [1.54, 1.807) is 0 Å². The van der Waals surface area contributed by atoms with Crippen molar-refractivity contribution >= 4 is 0 Å². The van der Waals surface area contributed by atoms with Gasteiger partial charge in [-0.25, -0.2) is 0 Å². The molecule has 1 heteroatoms. The van der Waals surface area contributed by atoms with Crippen molar-refractivity contribution in [3.63, 3.8) is 0 Å². The third-order valence-corrected chi connectivity index (χ3v) is 3.86. The molecule has 0 N–H and O–H groups in total. The molecule has 0 spiro atoms. The maximum atomic E-state index is 4.88. The number of pyridine rings is 1. The molecule has 1 nitrogen and oxygen atoms in total. The molecule has 0 radical (unpaired) electrons. The molecular formula is C17H19N. The Morgan fingerprint density at radius 1 is 1.00 bits per heavy atom. The average molecular weight is 237 g/mol. The van der Waals surface area contributed by atoms with Crippen molar-refractivity contribution in [3.8, 4) is 11.3 Å². The SMILES string of the molecule is CC1(C)CCc2ccc(-c3ccccc3)nc2C1. The number of fused-ring (bicyclic) bond motifs is 1. The lowest BCUT2D eigenvalue weighted by Gasteiger charge is -2.30. The van der Waals surface area contributed by atoms with Crippen molar-refractivity contribution in [2.24, 2.45) is 5.41 Å². The van der Waals surface area contributed by atoms with Gasteiger partial charge in [0.05, 0.1) is 5.69 Å². The second-order valence-corrected chi connectivity index (χ2v) is 6.01. The smallest absolute Gasteiger partial charge is 0.0705 e. The average Bonchev–Trinajstić information content (AvgIpc) is 2.38. The summed E-state index contributed by atoms with van der Waals surface area (Å²) in [5.41, 5.74) is 5.45. The van der Waals surface area contributed by atoms with Crippen molar-refractivity contribution in [3.05, 3.63) is 53.7 Å².